The van der Waals surface area contributed by atoms with Crippen LogP contribution in [0.3, 0.4) is 0 Å². The van der Waals surface area contributed by atoms with Gasteiger partial charge in [0.25, 0.3) is 0 Å². The molecule has 2 heterocycles. The van der Waals surface area contributed by atoms with Gasteiger partial charge >= 0.3 is 5.78 Å². The van der Waals surface area contributed by atoms with Crippen LogP contribution in [0.5, 0.6) is 0 Å². The second kappa shape index (κ2) is 6.56. The van der Waals surface area contributed by atoms with Crippen LogP contribution in [0, 0.1) is 0 Å². The Morgan fingerprint density at radius 1 is 1.09 bits per heavy atom. The number of para-hydroxylation sites is 2. The lowest BCUT2D eigenvalue weighted by molar-refractivity contribution is -0.479. The normalized spacial score (nSPS) is 11.0. The van der Waals surface area contributed by atoms with Gasteiger partial charge in [-0.25, -0.2) is 9.55 Å². The molecule has 0 spiro atoms. The van der Waals surface area contributed by atoms with E-state index in [1.807, 2.05) is 6.07 Å². The van der Waals surface area contributed by atoms with Gasteiger partial charge in [0, 0.05) is 10.0 Å². The van der Waals surface area contributed by atoms with Crippen molar-refractivity contribution in [3.05, 3.63) is 59.2 Å². The van der Waals surface area contributed by atoms with Crippen LogP contribution >= 0.6 is 27.5 Å². The Bertz CT molecular complexity index is 957. The number of alkyl halides is 1. The molecule has 2 aromatic carbocycles. The summed E-state index contributed by atoms with van der Waals surface area (Å²) in [6.07, 6.45) is 2.17. The van der Waals surface area contributed by atoms with E-state index in [0.29, 0.717) is 5.88 Å². The molecule has 4 aromatic rings. The number of hydrogen-bond acceptors (Lipinski definition) is 0. The van der Waals surface area contributed by atoms with E-state index in [-0.39, 0.29) is 12.4 Å². The summed E-state index contributed by atoms with van der Waals surface area (Å²) in [5.41, 5.74) is 4.63. The Hall–Kier alpha value is -1.49. The smallest absolute Gasteiger partial charge is 0.368 e. The number of benzene rings is 2. The number of halogens is 3. The topological polar surface area (TPSA) is 24.8 Å². The predicted molar refractivity (Wildman–Crippen MR) is 93.3 cm³/mol. The Morgan fingerprint density at radius 2 is 1.83 bits per heavy atom. The summed E-state index contributed by atoms with van der Waals surface area (Å²) in [6.45, 7) is 0.760. The molecule has 1 N–H and O–H groups in total. The van der Waals surface area contributed by atoms with E-state index >= 15 is 0 Å². The zero-order valence-corrected chi connectivity index (χ0v) is 15.2. The molecule has 0 saturated heterocycles. The highest BCUT2D eigenvalue weighted by atomic mass is 79.9. The van der Waals surface area contributed by atoms with E-state index in [0.717, 1.165) is 28.0 Å². The maximum absolute atomic E-state index is 6.03. The van der Waals surface area contributed by atoms with Crippen molar-refractivity contribution in [2.45, 2.75) is 6.54 Å². The van der Waals surface area contributed by atoms with E-state index in [1.54, 1.807) is 0 Å². The maximum Gasteiger partial charge on any atom is 0.368 e. The molecular weight excluding hydrogens is 397 g/mol. The second-order valence-corrected chi connectivity index (χ2v) is 6.49. The van der Waals surface area contributed by atoms with Crippen molar-refractivity contribution in [2.75, 3.05) is 5.88 Å². The summed E-state index contributed by atoms with van der Waals surface area (Å²) in [5.74, 6) is 1.63. The van der Waals surface area contributed by atoms with Crippen LogP contribution in [0.2, 0.25) is 0 Å². The van der Waals surface area contributed by atoms with Crippen molar-refractivity contribution in [1.29, 1.82) is 0 Å². The van der Waals surface area contributed by atoms with Gasteiger partial charge in [-0.05, 0) is 24.3 Å². The monoisotopic (exact) mass is 409 g/mol. The van der Waals surface area contributed by atoms with Crippen molar-refractivity contribution in [1.82, 2.24) is 9.55 Å². The summed E-state index contributed by atoms with van der Waals surface area (Å²) in [7, 11) is 0. The lowest BCUT2D eigenvalue weighted by Crippen LogP contribution is -3.00. The number of aromatic nitrogens is 3. The zero-order valence-electron chi connectivity index (χ0n) is 12.1. The number of nitrogens with one attached hydrogen (secondary N) is 1. The number of aromatic amines is 1. The Kier molecular flexibility index (Phi) is 4.67. The van der Waals surface area contributed by atoms with Gasteiger partial charge in [-0.1, -0.05) is 40.2 Å². The third-order valence-electron chi connectivity index (χ3n) is 3.88. The molecule has 0 atom stereocenters. The van der Waals surface area contributed by atoms with Crippen LogP contribution in [0.4, 0.5) is 0 Å². The fourth-order valence-electron chi connectivity index (χ4n) is 2.88. The largest absolute Gasteiger partial charge is 1.00 e. The van der Waals surface area contributed by atoms with Gasteiger partial charge in [-0.15, -0.1) is 11.6 Å². The molecule has 6 heteroatoms. The summed E-state index contributed by atoms with van der Waals surface area (Å²) in [5, 5.41) is 0. The number of hydrogen-bond donors (Lipinski definition) is 1. The lowest BCUT2D eigenvalue weighted by Gasteiger charge is -2.02. The number of H-pyrrole nitrogens is 1. The van der Waals surface area contributed by atoms with Crippen molar-refractivity contribution in [3.8, 4) is 11.3 Å². The van der Waals surface area contributed by atoms with E-state index in [9.17, 15) is 0 Å². The van der Waals surface area contributed by atoms with Gasteiger partial charge in [-0.3, -0.25) is 0 Å². The lowest BCUT2D eigenvalue weighted by atomic mass is 10.2. The maximum atomic E-state index is 6.03. The number of aryl methyl sites for hydroxylation is 1. The van der Waals surface area contributed by atoms with E-state index in [4.69, 9.17) is 11.6 Å². The average Bonchev–Trinajstić information content (AvgIpc) is 3.06. The fourth-order valence-corrected chi connectivity index (χ4v) is 3.31. The van der Waals surface area contributed by atoms with Crippen LogP contribution in [-0.2, 0) is 6.54 Å². The van der Waals surface area contributed by atoms with Crippen LogP contribution in [0.25, 0.3) is 28.1 Å². The molecule has 0 aliphatic carbocycles. The number of nitrogens with zero attached hydrogens (tertiary/aromatic N) is 2. The summed E-state index contributed by atoms with van der Waals surface area (Å²) < 4.78 is 5.51. The molecule has 0 radical (unpaired) electrons. The van der Waals surface area contributed by atoms with E-state index in [1.165, 1.54) is 11.1 Å². The van der Waals surface area contributed by atoms with Crippen molar-refractivity contribution < 1.29 is 16.8 Å². The third-order valence-corrected chi connectivity index (χ3v) is 4.58. The molecule has 2 aromatic heterocycles. The molecule has 0 unspecified atom stereocenters. The summed E-state index contributed by atoms with van der Waals surface area (Å²) in [4.78, 5) is 3.49. The minimum atomic E-state index is 0. The van der Waals surface area contributed by atoms with Crippen molar-refractivity contribution >= 4 is 44.3 Å². The molecule has 0 fully saturated rings. The highest BCUT2D eigenvalue weighted by Gasteiger charge is 2.21. The standard InChI is InChI=1S/C17H13BrClN3.ClH/c18-13-7-5-12(6-8-13)16-11-22-15-4-2-1-3-14(15)20-17(22)21(16)10-9-19;/h1-8,11H,9-10H2;1H. The van der Waals surface area contributed by atoms with Gasteiger partial charge in [0.1, 0.15) is 22.9 Å². The molecular formula is C17H14BrCl2N3. The molecule has 0 aliphatic heterocycles. The highest BCUT2D eigenvalue weighted by Crippen LogP contribution is 2.24. The first kappa shape index (κ1) is 16.4. The molecule has 4 rings (SSSR count). The fraction of sp³-hybridized carbons (Fsp3) is 0.118. The predicted octanol–water partition coefficient (Wildman–Crippen LogP) is 1.38. The average molecular weight is 411 g/mol. The van der Waals surface area contributed by atoms with E-state index < -0.39 is 0 Å². The molecule has 118 valence electrons. The zero-order chi connectivity index (χ0) is 15.1. The first-order valence-corrected chi connectivity index (χ1v) is 8.44. The highest BCUT2D eigenvalue weighted by molar-refractivity contribution is 9.10. The van der Waals surface area contributed by atoms with Crippen LogP contribution in [-0.4, -0.2) is 15.4 Å². The second-order valence-electron chi connectivity index (χ2n) is 5.20. The number of fused-ring (bicyclic) bond motifs is 3. The Balaban J connectivity index is 0.00000156. The first-order valence-electron chi connectivity index (χ1n) is 7.11. The molecule has 3 nitrogen and oxygen atoms in total. The van der Waals surface area contributed by atoms with Gasteiger partial charge in [0.15, 0.2) is 0 Å². The van der Waals surface area contributed by atoms with Crippen LogP contribution in [0.1, 0.15) is 0 Å². The molecule has 23 heavy (non-hydrogen) atoms. The van der Waals surface area contributed by atoms with Gasteiger partial charge in [0.2, 0.25) is 0 Å². The van der Waals surface area contributed by atoms with Gasteiger partial charge in [-0.2, -0.15) is 4.40 Å². The quantitative estimate of drug-likeness (QED) is 0.390. The van der Waals surface area contributed by atoms with Crippen LogP contribution < -0.4 is 16.8 Å². The SMILES string of the molecule is ClCCn1c(-c2ccc(Br)cc2)c[n+]2c3ccccc3[nH]c12.[Cl-]. The van der Waals surface area contributed by atoms with Gasteiger partial charge < -0.3 is 12.4 Å². The van der Waals surface area contributed by atoms with Gasteiger partial charge in [0.05, 0.1) is 12.4 Å². The molecule has 0 aliphatic rings. The Morgan fingerprint density at radius 3 is 2.57 bits per heavy atom. The first-order chi connectivity index (χ1) is 10.8. The number of imidazole rings is 2. The van der Waals surface area contributed by atoms with E-state index in [2.05, 4.69) is 78.5 Å². The van der Waals surface area contributed by atoms with Crippen molar-refractivity contribution in [2.24, 2.45) is 0 Å². The summed E-state index contributed by atoms with van der Waals surface area (Å²) in [6, 6.07) is 16.7. The molecule has 0 saturated carbocycles. The Labute approximate surface area is 153 Å². The van der Waals surface area contributed by atoms with Crippen LogP contribution in [0.15, 0.2) is 59.2 Å². The number of rotatable bonds is 3. The minimum absolute atomic E-state index is 0. The molecule has 0 bridgehead atoms. The summed E-state index contributed by atoms with van der Waals surface area (Å²) >= 11 is 9.51. The van der Waals surface area contributed by atoms with Crippen molar-refractivity contribution in [3.63, 3.8) is 0 Å². The third kappa shape index (κ3) is 2.75. The minimum Gasteiger partial charge on any atom is -1.00 e. The molecule has 0 amide bonds.